The molecule has 0 unspecified atom stereocenters. The number of halogens is 2. The fourth-order valence-electron chi connectivity index (χ4n) is 1.32. The molecule has 0 atom stereocenters. The lowest BCUT2D eigenvalue weighted by atomic mass is 10.3. The molecule has 0 aliphatic carbocycles. The van der Waals surface area contributed by atoms with Crippen LogP contribution in [0.4, 0.5) is 10.1 Å². The van der Waals surface area contributed by atoms with Crippen LogP contribution < -0.4 is 10.5 Å². The predicted molar refractivity (Wildman–Crippen MR) is 81.2 cm³/mol. The van der Waals surface area contributed by atoms with Gasteiger partial charge in [0, 0.05) is 25.1 Å². The maximum atomic E-state index is 13.2. The third-order valence-corrected chi connectivity index (χ3v) is 6.80. The zero-order valence-electron chi connectivity index (χ0n) is 11.3. The van der Waals surface area contributed by atoms with Gasteiger partial charge in [-0.1, -0.05) is 0 Å². The lowest BCUT2D eigenvalue weighted by Crippen LogP contribution is -2.34. The first kappa shape index (κ1) is 18.3. The second-order valence-corrected chi connectivity index (χ2v) is 9.19. The number of hydrogen-bond acceptors (Lipinski definition) is 5. The number of rotatable bonds is 6. The first-order chi connectivity index (χ1) is 9.47. The van der Waals surface area contributed by atoms with Crippen molar-refractivity contribution in [3.63, 3.8) is 0 Å². The highest BCUT2D eigenvalue weighted by Gasteiger charge is 2.21. The summed E-state index contributed by atoms with van der Waals surface area (Å²) in [7, 11) is -4.83. The molecule has 0 heterocycles. The van der Waals surface area contributed by atoms with E-state index >= 15 is 0 Å². The molecule has 7 nitrogen and oxygen atoms in total. The van der Waals surface area contributed by atoms with Crippen LogP contribution in [0.15, 0.2) is 21.5 Å². The molecule has 120 valence electrons. The van der Waals surface area contributed by atoms with Gasteiger partial charge in [0.1, 0.15) is 5.82 Å². The van der Waals surface area contributed by atoms with Crippen LogP contribution in [0.1, 0.15) is 0 Å². The molecule has 0 fully saturated rings. The predicted octanol–water partition coefficient (Wildman–Crippen LogP) is 0.340. The van der Waals surface area contributed by atoms with Gasteiger partial charge in [0.15, 0.2) is 0 Å². The number of anilines is 1. The first-order valence-corrected chi connectivity index (χ1v) is 9.50. The molecule has 0 radical (unpaired) electrons. The van der Waals surface area contributed by atoms with Crippen molar-refractivity contribution in [3.8, 4) is 0 Å². The van der Waals surface area contributed by atoms with Crippen LogP contribution in [0.5, 0.6) is 0 Å². The Balaban J connectivity index is 2.92. The minimum atomic E-state index is -4.00. The van der Waals surface area contributed by atoms with Crippen molar-refractivity contribution in [1.82, 2.24) is 9.03 Å². The average molecular weight is 404 g/mol. The highest BCUT2D eigenvalue weighted by Crippen LogP contribution is 2.26. The van der Waals surface area contributed by atoms with E-state index in [0.29, 0.717) is 0 Å². The van der Waals surface area contributed by atoms with Crippen LogP contribution in [0.25, 0.3) is 0 Å². The van der Waals surface area contributed by atoms with Gasteiger partial charge in [0.05, 0.1) is 16.3 Å². The highest BCUT2D eigenvalue weighted by molar-refractivity contribution is 9.10. The van der Waals surface area contributed by atoms with Gasteiger partial charge in [-0.15, -0.1) is 0 Å². The lowest BCUT2D eigenvalue weighted by molar-refractivity contribution is 0.519. The third-order valence-electron chi connectivity index (χ3n) is 2.55. The summed E-state index contributed by atoms with van der Waals surface area (Å²) in [6.07, 6.45) is 0. The maximum Gasteiger partial charge on any atom is 0.241 e. The lowest BCUT2D eigenvalue weighted by Gasteiger charge is -2.13. The molecule has 0 spiro atoms. The molecule has 11 heteroatoms. The second-order valence-electron chi connectivity index (χ2n) is 4.30. The second kappa shape index (κ2) is 6.57. The molecule has 0 saturated heterocycles. The SMILES string of the molecule is CN(C)S(=O)(=O)CCNS(=O)(=O)c1cc(N)c(F)cc1Br. The van der Waals surface area contributed by atoms with Crippen LogP contribution in [0.2, 0.25) is 0 Å². The Morgan fingerprint density at radius 2 is 1.86 bits per heavy atom. The minimum absolute atomic E-state index is 0.00262. The van der Waals surface area contributed by atoms with E-state index in [0.717, 1.165) is 16.4 Å². The Labute approximate surface area is 131 Å². The van der Waals surface area contributed by atoms with E-state index in [1.54, 1.807) is 0 Å². The van der Waals surface area contributed by atoms with Crippen molar-refractivity contribution in [1.29, 1.82) is 0 Å². The van der Waals surface area contributed by atoms with Crippen molar-refractivity contribution in [3.05, 3.63) is 22.4 Å². The number of nitrogens with two attached hydrogens (primary N) is 1. The minimum Gasteiger partial charge on any atom is -0.396 e. The zero-order valence-corrected chi connectivity index (χ0v) is 14.5. The highest BCUT2D eigenvalue weighted by atomic mass is 79.9. The Bertz CT molecular complexity index is 735. The van der Waals surface area contributed by atoms with Crippen LogP contribution >= 0.6 is 15.9 Å². The van der Waals surface area contributed by atoms with Crippen LogP contribution in [0, 0.1) is 5.82 Å². The topological polar surface area (TPSA) is 110 Å². The van der Waals surface area contributed by atoms with Gasteiger partial charge in [0.2, 0.25) is 20.0 Å². The van der Waals surface area contributed by atoms with Crippen LogP contribution in [-0.4, -0.2) is 47.5 Å². The Kier molecular flexibility index (Phi) is 5.72. The van der Waals surface area contributed by atoms with Gasteiger partial charge in [-0.25, -0.2) is 30.3 Å². The molecule has 1 aromatic rings. The summed E-state index contributed by atoms with van der Waals surface area (Å²) in [5.41, 5.74) is 5.01. The summed E-state index contributed by atoms with van der Waals surface area (Å²) in [6, 6.07) is 1.89. The molecular weight excluding hydrogens is 389 g/mol. The van der Waals surface area contributed by atoms with E-state index < -0.39 is 31.6 Å². The summed E-state index contributed by atoms with van der Waals surface area (Å²) in [6.45, 7) is -0.313. The standard InChI is InChI=1S/C10H15BrFN3O4S2/c1-15(2)20(16,17)4-3-14-21(18,19)10-6-9(13)8(12)5-7(10)11/h5-6,14H,3-4,13H2,1-2H3. The number of nitrogens with zero attached hydrogens (tertiary/aromatic N) is 1. The van der Waals surface area contributed by atoms with E-state index in [2.05, 4.69) is 20.7 Å². The van der Waals surface area contributed by atoms with Crippen molar-refractivity contribution < 1.29 is 21.2 Å². The zero-order chi connectivity index (χ0) is 16.4. The summed E-state index contributed by atoms with van der Waals surface area (Å²) in [4.78, 5) is -0.261. The largest absolute Gasteiger partial charge is 0.396 e. The van der Waals surface area contributed by atoms with Crippen molar-refractivity contribution in [2.24, 2.45) is 0 Å². The number of hydrogen-bond donors (Lipinski definition) is 2. The van der Waals surface area contributed by atoms with Crippen LogP contribution in [-0.2, 0) is 20.0 Å². The fraction of sp³-hybridized carbons (Fsp3) is 0.400. The van der Waals surface area contributed by atoms with Crippen molar-refractivity contribution in [2.75, 3.05) is 32.1 Å². The summed E-state index contributed by atoms with van der Waals surface area (Å²) in [5.74, 6) is -1.15. The smallest absolute Gasteiger partial charge is 0.241 e. The third kappa shape index (κ3) is 4.61. The van der Waals surface area contributed by atoms with Gasteiger partial charge >= 0.3 is 0 Å². The Morgan fingerprint density at radius 1 is 1.29 bits per heavy atom. The first-order valence-electron chi connectivity index (χ1n) is 5.62. The van der Waals surface area contributed by atoms with Gasteiger partial charge in [0.25, 0.3) is 0 Å². The normalized spacial score (nSPS) is 12.8. The summed E-state index contributed by atoms with van der Waals surface area (Å²) < 4.78 is 63.5. The van der Waals surface area contributed by atoms with E-state index in [9.17, 15) is 21.2 Å². The molecule has 3 N–H and O–H groups in total. The molecule has 0 aliphatic heterocycles. The fourth-order valence-corrected chi connectivity index (χ4v) is 4.25. The number of nitrogens with one attached hydrogen (secondary N) is 1. The van der Waals surface area contributed by atoms with Crippen molar-refractivity contribution >= 4 is 41.7 Å². The van der Waals surface area contributed by atoms with Crippen LogP contribution in [0.3, 0.4) is 0 Å². The molecule has 0 amide bonds. The van der Waals surface area contributed by atoms with Crippen molar-refractivity contribution in [2.45, 2.75) is 4.90 Å². The molecule has 0 bridgehead atoms. The summed E-state index contributed by atoms with van der Waals surface area (Å²) >= 11 is 2.93. The average Bonchev–Trinajstić information content (AvgIpc) is 2.32. The van der Waals surface area contributed by atoms with E-state index in [1.807, 2.05) is 0 Å². The van der Waals surface area contributed by atoms with Gasteiger partial charge in [-0.2, -0.15) is 0 Å². The molecular formula is C10H15BrFN3O4S2. The molecule has 1 rings (SSSR count). The Morgan fingerprint density at radius 3 is 2.38 bits per heavy atom. The maximum absolute atomic E-state index is 13.2. The van der Waals surface area contributed by atoms with Gasteiger partial charge in [-0.05, 0) is 28.1 Å². The molecule has 0 aromatic heterocycles. The van der Waals surface area contributed by atoms with Gasteiger partial charge in [-0.3, -0.25) is 0 Å². The molecule has 0 aliphatic rings. The quantitative estimate of drug-likeness (QED) is 0.665. The van der Waals surface area contributed by atoms with Gasteiger partial charge < -0.3 is 5.73 Å². The van der Waals surface area contributed by atoms with E-state index in [-0.39, 0.29) is 21.6 Å². The molecule has 1 aromatic carbocycles. The van der Waals surface area contributed by atoms with E-state index in [4.69, 9.17) is 5.73 Å². The monoisotopic (exact) mass is 403 g/mol. The molecule has 21 heavy (non-hydrogen) atoms. The van der Waals surface area contributed by atoms with E-state index in [1.165, 1.54) is 14.1 Å². The summed E-state index contributed by atoms with van der Waals surface area (Å²) in [5, 5.41) is 0. The number of sulfonamides is 2. The number of nitrogen functional groups attached to an aromatic ring is 1. The Hall–Kier alpha value is -0.750. The molecule has 0 saturated carbocycles. The number of benzene rings is 1.